The van der Waals surface area contributed by atoms with Gasteiger partial charge in [-0.25, -0.2) is 0 Å². The summed E-state index contributed by atoms with van der Waals surface area (Å²) in [5.74, 6) is 1.14. The average molecular weight is 280 g/mol. The summed E-state index contributed by atoms with van der Waals surface area (Å²) in [6.07, 6.45) is 5.59. The second-order valence-electron chi connectivity index (χ2n) is 6.61. The van der Waals surface area contributed by atoms with Gasteiger partial charge in [0.05, 0.1) is 6.04 Å². The molecule has 2 N–H and O–H groups in total. The predicted octanol–water partition coefficient (Wildman–Crippen LogP) is 1.09. The van der Waals surface area contributed by atoms with E-state index >= 15 is 0 Å². The lowest BCUT2D eigenvalue weighted by Crippen LogP contribution is -2.45. The molecule has 3 fully saturated rings. The third-order valence-electron chi connectivity index (χ3n) is 5.38. The highest BCUT2D eigenvalue weighted by Crippen LogP contribution is 2.38. The van der Waals surface area contributed by atoms with Crippen LogP contribution in [0.1, 0.15) is 38.5 Å². The van der Waals surface area contributed by atoms with Crippen LogP contribution in [0.3, 0.4) is 0 Å². The number of aliphatic carboxylic acids is 1. The normalized spacial score (nSPS) is 36.3. The molecule has 2 aliphatic heterocycles. The van der Waals surface area contributed by atoms with Crippen LogP contribution in [-0.2, 0) is 9.59 Å². The first-order valence-corrected chi connectivity index (χ1v) is 7.89. The monoisotopic (exact) mass is 280 g/mol. The molecule has 4 atom stereocenters. The van der Waals surface area contributed by atoms with Crippen LogP contribution in [-0.4, -0.2) is 47.6 Å². The summed E-state index contributed by atoms with van der Waals surface area (Å²) in [5, 5.41) is 12.1. The molecule has 5 heteroatoms. The Balaban J connectivity index is 1.52. The fourth-order valence-corrected chi connectivity index (χ4v) is 4.25. The number of carbonyl (C=O) groups excluding carboxylic acids is 1. The van der Waals surface area contributed by atoms with Crippen LogP contribution in [0.4, 0.5) is 0 Å². The number of carbonyl (C=O) groups is 2. The minimum Gasteiger partial charge on any atom is -0.481 e. The van der Waals surface area contributed by atoms with E-state index in [-0.39, 0.29) is 18.4 Å². The first kappa shape index (κ1) is 13.9. The van der Waals surface area contributed by atoms with Gasteiger partial charge >= 0.3 is 5.97 Å². The van der Waals surface area contributed by atoms with Crippen molar-refractivity contribution >= 4 is 11.9 Å². The summed E-state index contributed by atoms with van der Waals surface area (Å²) in [6.45, 7) is 2.55. The van der Waals surface area contributed by atoms with Crippen molar-refractivity contribution in [3.05, 3.63) is 0 Å². The minimum atomic E-state index is -0.735. The van der Waals surface area contributed by atoms with Gasteiger partial charge in [-0.3, -0.25) is 9.59 Å². The summed E-state index contributed by atoms with van der Waals surface area (Å²) in [6, 6.07) is 0.0284. The van der Waals surface area contributed by atoms with Crippen LogP contribution in [0.25, 0.3) is 0 Å². The number of hydrogen-bond acceptors (Lipinski definition) is 3. The van der Waals surface area contributed by atoms with Gasteiger partial charge in [0.15, 0.2) is 0 Å². The number of likely N-dealkylation sites (tertiary alicyclic amines) is 1. The summed E-state index contributed by atoms with van der Waals surface area (Å²) >= 11 is 0. The summed E-state index contributed by atoms with van der Waals surface area (Å²) in [7, 11) is 0. The highest BCUT2D eigenvalue weighted by molar-refractivity contribution is 5.83. The van der Waals surface area contributed by atoms with Crippen molar-refractivity contribution in [2.45, 2.75) is 44.6 Å². The molecule has 0 radical (unpaired) electrons. The van der Waals surface area contributed by atoms with E-state index in [2.05, 4.69) is 5.32 Å². The molecule has 3 rings (SSSR count). The Labute approximate surface area is 119 Å². The lowest BCUT2D eigenvalue weighted by atomic mass is 9.93. The van der Waals surface area contributed by atoms with Gasteiger partial charge < -0.3 is 15.3 Å². The van der Waals surface area contributed by atoms with Crippen LogP contribution in [0.5, 0.6) is 0 Å². The zero-order chi connectivity index (χ0) is 14.1. The fourth-order valence-electron chi connectivity index (χ4n) is 4.25. The van der Waals surface area contributed by atoms with Crippen LogP contribution in [0.15, 0.2) is 0 Å². The maximum absolute atomic E-state index is 12.6. The fraction of sp³-hybridized carbons (Fsp3) is 0.867. The largest absolute Gasteiger partial charge is 0.481 e. The number of nitrogens with one attached hydrogen (secondary N) is 1. The van der Waals surface area contributed by atoms with Crippen molar-refractivity contribution in [3.63, 3.8) is 0 Å². The molecule has 0 aromatic carbocycles. The lowest BCUT2D eigenvalue weighted by molar-refractivity contribution is -0.137. The zero-order valence-electron chi connectivity index (χ0n) is 11.9. The van der Waals surface area contributed by atoms with E-state index in [1.807, 2.05) is 4.90 Å². The molecule has 1 saturated carbocycles. The van der Waals surface area contributed by atoms with Gasteiger partial charge in [-0.05, 0) is 50.0 Å². The minimum absolute atomic E-state index is 0.0284. The molecule has 4 unspecified atom stereocenters. The first-order valence-electron chi connectivity index (χ1n) is 7.89. The summed E-state index contributed by atoms with van der Waals surface area (Å²) in [4.78, 5) is 25.2. The second kappa shape index (κ2) is 5.72. The molecule has 3 aliphatic rings. The number of amides is 1. The number of rotatable bonds is 4. The van der Waals surface area contributed by atoms with E-state index < -0.39 is 5.97 Å². The quantitative estimate of drug-likeness (QED) is 0.809. The van der Waals surface area contributed by atoms with Gasteiger partial charge in [-0.15, -0.1) is 0 Å². The molecule has 2 saturated heterocycles. The van der Waals surface area contributed by atoms with Crippen molar-refractivity contribution in [1.29, 1.82) is 0 Å². The maximum Gasteiger partial charge on any atom is 0.303 e. The van der Waals surface area contributed by atoms with Crippen LogP contribution >= 0.6 is 0 Å². The van der Waals surface area contributed by atoms with E-state index in [4.69, 9.17) is 5.11 Å². The van der Waals surface area contributed by atoms with Gasteiger partial charge in [0.2, 0.25) is 5.91 Å². The Kier molecular flexibility index (Phi) is 3.96. The smallest absolute Gasteiger partial charge is 0.303 e. The Hall–Kier alpha value is -1.10. The third kappa shape index (κ3) is 2.68. The number of hydrogen-bond donors (Lipinski definition) is 2. The molecule has 112 valence electrons. The number of carboxylic acids is 1. The Morgan fingerprint density at radius 1 is 1.25 bits per heavy atom. The number of fused-ring (bicyclic) bond motifs is 1. The highest BCUT2D eigenvalue weighted by Gasteiger charge is 2.44. The molecule has 0 aromatic rings. The van der Waals surface area contributed by atoms with Crippen molar-refractivity contribution < 1.29 is 14.7 Å². The van der Waals surface area contributed by atoms with E-state index in [1.54, 1.807) is 0 Å². The van der Waals surface area contributed by atoms with Crippen molar-refractivity contribution in [3.8, 4) is 0 Å². The molecule has 0 aromatic heterocycles. The van der Waals surface area contributed by atoms with E-state index in [9.17, 15) is 9.59 Å². The first-order chi connectivity index (χ1) is 9.65. The Morgan fingerprint density at radius 3 is 2.90 bits per heavy atom. The number of nitrogens with zero attached hydrogens (tertiary/aromatic N) is 1. The van der Waals surface area contributed by atoms with Crippen molar-refractivity contribution in [1.82, 2.24) is 10.2 Å². The SMILES string of the molecule is O=C(O)CCC1CCN(C(=O)C2NCC3CCCC32)C1. The van der Waals surface area contributed by atoms with Gasteiger partial charge in [-0.2, -0.15) is 0 Å². The molecular formula is C15H24N2O3. The molecule has 2 heterocycles. The van der Waals surface area contributed by atoms with Gasteiger partial charge in [0.25, 0.3) is 0 Å². The maximum atomic E-state index is 12.6. The summed E-state index contributed by atoms with van der Waals surface area (Å²) in [5.41, 5.74) is 0. The molecule has 5 nitrogen and oxygen atoms in total. The summed E-state index contributed by atoms with van der Waals surface area (Å²) < 4.78 is 0. The van der Waals surface area contributed by atoms with Crippen LogP contribution in [0, 0.1) is 17.8 Å². The van der Waals surface area contributed by atoms with E-state index in [0.29, 0.717) is 24.2 Å². The number of carboxylic acid groups (broad SMARTS) is 1. The van der Waals surface area contributed by atoms with E-state index in [1.165, 1.54) is 19.3 Å². The van der Waals surface area contributed by atoms with E-state index in [0.717, 1.165) is 26.1 Å². The topological polar surface area (TPSA) is 69.6 Å². The molecule has 1 aliphatic carbocycles. The highest BCUT2D eigenvalue weighted by atomic mass is 16.4. The van der Waals surface area contributed by atoms with Crippen molar-refractivity contribution in [2.24, 2.45) is 17.8 Å². The van der Waals surface area contributed by atoms with Crippen molar-refractivity contribution in [2.75, 3.05) is 19.6 Å². The average Bonchev–Trinajstić information content (AvgIpc) is 3.11. The second-order valence-corrected chi connectivity index (χ2v) is 6.61. The molecule has 20 heavy (non-hydrogen) atoms. The molecule has 1 amide bonds. The standard InChI is InChI=1S/C15H24N2O3/c18-13(19)5-4-10-6-7-17(9-10)15(20)14-12-3-1-2-11(12)8-16-14/h10-12,14,16H,1-9H2,(H,18,19). The zero-order valence-corrected chi connectivity index (χ0v) is 11.9. The molecule has 0 bridgehead atoms. The predicted molar refractivity (Wildman–Crippen MR) is 74.2 cm³/mol. The van der Waals surface area contributed by atoms with Crippen LogP contribution < -0.4 is 5.32 Å². The lowest BCUT2D eigenvalue weighted by Gasteiger charge is -2.24. The molecular weight excluding hydrogens is 256 g/mol. The van der Waals surface area contributed by atoms with Crippen LogP contribution in [0.2, 0.25) is 0 Å². The third-order valence-corrected chi connectivity index (χ3v) is 5.38. The van der Waals surface area contributed by atoms with Gasteiger partial charge in [0.1, 0.15) is 0 Å². The van der Waals surface area contributed by atoms with Gasteiger partial charge in [-0.1, -0.05) is 6.42 Å². The Bertz CT molecular complexity index is 399. The molecule has 0 spiro atoms. The Morgan fingerprint density at radius 2 is 2.10 bits per heavy atom. The van der Waals surface area contributed by atoms with Gasteiger partial charge in [0, 0.05) is 19.5 Å².